The molecule has 0 saturated carbocycles. The maximum atomic E-state index is 13.0. The van der Waals surface area contributed by atoms with Crippen LogP contribution in [0, 0.1) is 13.8 Å². The van der Waals surface area contributed by atoms with E-state index >= 15 is 0 Å². The number of ether oxygens (including phenoxy) is 2. The monoisotopic (exact) mass is 341 g/mol. The standard InChI is InChI=1S/C19H23N3O3/c1-13-10-14(2)22(20-13)11-15-6-5-9-21(15)19(23)18-12-24-16-7-3-4-8-17(16)25-18/h3-4,7-8,10,15,18H,5-6,9,11-12H2,1-2H3. The van der Waals surface area contributed by atoms with Gasteiger partial charge in [-0.15, -0.1) is 0 Å². The van der Waals surface area contributed by atoms with Gasteiger partial charge in [-0.25, -0.2) is 0 Å². The van der Waals surface area contributed by atoms with Gasteiger partial charge in [0.1, 0.15) is 6.61 Å². The van der Waals surface area contributed by atoms with Gasteiger partial charge < -0.3 is 14.4 Å². The van der Waals surface area contributed by atoms with Crippen LogP contribution >= 0.6 is 0 Å². The minimum atomic E-state index is -0.573. The Morgan fingerprint density at radius 1 is 1.28 bits per heavy atom. The molecule has 2 aliphatic heterocycles. The molecular formula is C19H23N3O3. The lowest BCUT2D eigenvalue weighted by Crippen LogP contribution is -2.49. The summed E-state index contributed by atoms with van der Waals surface area (Å²) in [5, 5.41) is 4.53. The Labute approximate surface area is 147 Å². The third kappa shape index (κ3) is 3.08. The van der Waals surface area contributed by atoms with Gasteiger partial charge in [-0.2, -0.15) is 5.10 Å². The van der Waals surface area contributed by atoms with Crippen molar-refractivity contribution in [3.05, 3.63) is 41.7 Å². The van der Waals surface area contributed by atoms with Crippen molar-refractivity contribution in [3.8, 4) is 11.5 Å². The van der Waals surface area contributed by atoms with E-state index in [0.29, 0.717) is 11.5 Å². The quantitative estimate of drug-likeness (QED) is 0.860. The van der Waals surface area contributed by atoms with Gasteiger partial charge in [-0.05, 0) is 44.9 Å². The summed E-state index contributed by atoms with van der Waals surface area (Å²) < 4.78 is 13.6. The first kappa shape index (κ1) is 16.0. The highest BCUT2D eigenvalue weighted by Crippen LogP contribution is 2.32. The van der Waals surface area contributed by atoms with Gasteiger partial charge in [0.15, 0.2) is 11.5 Å². The van der Waals surface area contributed by atoms with E-state index in [0.717, 1.165) is 37.3 Å². The molecule has 2 aliphatic rings. The van der Waals surface area contributed by atoms with Crippen LogP contribution in [0.3, 0.4) is 0 Å². The highest BCUT2D eigenvalue weighted by molar-refractivity contribution is 5.82. The first-order valence-electron chi connectivity index (χ1n) is 8.82. The number of carbonyl (C=O) groups is 1. The molecule has 25 heavy (non-hydrogen) atoms. The largest absolute Gasteiger partial charge is 0.485 e. The predicted octanol–water partition coefficient (Wildman–Crippen LogP) is 2.33. The molecule has 1 aromatic heterocycles. The second-order valence-corrected chi connectivity index (χ2v) is 6.80. The van der Waals surface area contributed by atoms with Crippen LogP contribution in [-0.4, -0.2) is 45.9 Å². The molecule has 4 rings (SSSR count). The number of para-hydroxylation sites is 2. The van der Waals surface area contributed by atoms with E-state index in [1.54, 1.807) is 0 Å². The summed E-state index contributed by atoms with van der Waals surface area (Å²) in [6.45, 7) is 5.81. The summed E-state index contributed by atoms with van der Waals surface area (Å²) in [5.41, 5.74) is 2.14. The van der Waals surface area contributed by atoms with E-state index in [4.69, 9.17) is 9.47 Å². The number of likely N-dealkylation sites (tertiary alicyclic amines) is 1. The first-order valence-corrected chi connectivity index (χ1v) is 8.82. The van der Waals surface area contributed by atoms with Crippen LogP contribution in [0.4, 0.5) is 0 Å². The smallest absolute Gasteiger partial charge is 0.267 e. The number of aryl methyl sites for hydroxylation is 2. The zero-order valence-electron chi connectivity index (χ0n) is 14.6. The fourth-order valence-electron chi connectivity index (χ4n) is 3.70. The van der Waals surface area contributed by atoms with Crippen LogP contribution in [-0.2, 0) is 11.3 Å². The lowest BCUT2D eigenvalue weighted by atomic mass is 10.2. The average molecular weight is 341 g/mol. The van der Waals surface area contributed by atoms with Gasteiger partial charge in [0, 0.05) is 12.2 Å². The van der Waals surface area contributed by atoms with Crippen LogP contribution in [0.1, 0.15) is 24.2 Å². The average Bonchev–Trinajstić information content (AvgIpc) is 3.20. The van der Waals surface area contributed by atoms with Crippen LogP contribution < -0.4 is 9.47 Å². The van der Waals surface area contributed by atoms with Crippen molar-refractivity contribution in [2.24, 2.45) is 0 Å². The predicted molar refractivity (Wildman–Crippen MR) is 92.8 cm³/mol. The van der Waals surface area contributed by atoms with E-state index in [-0.39, 0.29) is 18.6 Å². The third-order valence-electron chi connectivity index (χ3n) is 4.93. The van der Waals surface area contributed by atoms with Crippen molar-refractivity contribution in [2.75, 3.05) is 13.2 Å². The minimum absolute atomic E-state index is 0.0125. The van der Waals surface area contributed by atoms with Crippen molar-refractivity contribution >= 4 is 5.91 Å². The van der Waals surface area contributed by atoms with E-state index in [1.165, 1.54) is 0 Å². The summed E-state index contributed by atoms with van der Waals surface area (Å²) in [7, 11) is 0. The van der Waals surface area contributed by atoms with Gasteiger partial charge in [0.25, 0.3) is 5.91 Å². The normalized spacial score (nSPS) is 22.2. The van der Waals surface area contributed by atoms with Crippen LogP contribution in [0.25, 0.3) is 0 Å². The van der Waals surface area contributed by atoms with Crippen LogP contribution in [0.2, 0.25) is 0 Å². The summed E-state index contributed by atoms with van der Waals surface area (Å²) >= 11 is 0. The summed E-state index contributed by atoms with van der Waals surface area (Å²) in [5.74, 6) is 1.35. The number of aromatic nitrogens is 2. The molecule has 132 valence electrons. The number of hydrogen-bond donors (Lipinski definition) is 0. The van der Waals surface area contributed by atoms with Crippen molar-refractivity contribution in [1.29, 1.82) is 0 Å². The lowest BCUT2D eigenvalue weighted by Gasteiger charge is -2.31. The van der Waals surface area contributed by atoms with Gasteiger partial charge in [0.2, 0.25) is 6.10 Å². The molecule has 1 saturated heterocycles. The molecule has 1 aromatic carbocycles. The molecule has 2 unspecified atom stereocenters. The topological polar surface area (TPSA) is 56.6 Å². The Kier molecular flexibility index (Phi) is 4.11. The van der Waals surface area contributed by atoms with Crippen molar-refractivity contribution in [2.45, 2.75) is 45.4 Å². The number of fused-ring (bicyclic) bond motifs is 1. The van der Waals surface area contributed by atoms with Gasteiger partial charge >= 0.3 is 0 Å². The maximum Gasteiger partial charge on any atom is 0.267 e. The molecule has 2 atom stereocenters. The number of hydrogen-bond acceptors (Lipinski definition) is 4. The number of benzene rings is 1. The van der Waals surface area contributed by atoms with E-state index in [1.807, 2.05) is 40.8 Å². The molecule has 0 radical (unpaired) electrons. The van der Waals surface area contributed by atoms with Gasteiger partial charge in [-0.1, -0.05) is 12.1 Å². The van der Waals surface area contributed by atoms with Crippen LogP contribution in [0.15, 0.2) is 30.3 Å². The molecule has 0 aliphatic carbocycles. The number of rotatable bonds is 3. The second-order valence-electron chi connectivity index (χ2n) is 6.80. The minimum Gasteiger partial charge on any atom is -0.485 e. The summed E-state index contributed by atoms with van der Waals surface area (Å²) in [6.07, 6.45) is 1.43. The summed E-state index contributed by atoms with van der Waals surface area (Å²) in [4.78, 5) is 14.9. The zero-order valence-corrected chi connectivity index (χ0v) is 14.6. The van der Waals surface area contributed by atoms with E-state index < -0.39 is 6.10 Å². The molecule has 1 fully saturated rings. The number of carbonyl (C=O) groups excluding carboxylic acids is 1. The molecule has 0 spiro atoms. The molecule has 2 aromatic rings. The fraction of sp³-hybridized carbons (Fsp3) is 0.474. The first-order chi connectivity index (χ1) is 12.1. The van der Waals surface area contributed by atoms with Gasteiger partial charge in [-0.3, -0.25) is 9.48 Å². The number of nitrogens with zero attached hydrogens (tertiary/aromatic N) is 3. The molecule has 6 nitrogen and oxygen atoms in total. The van der Waals surface area contributed by atoms with Crippen molar-refractivity contribution in [3.63, 3.8) is 0 Å². The highest BCUT2D eigenvalue weighted by Gasteiger charge is 2.37. The lowest BCUT2D eigenvalue weighted by molar-refractivity contribution is -0.142. The molecular weight excluding hydrogens is 318 g/mol. The Hall–Kier alpha value is -2.50. The second kappa shape index (κ2) is 6.43. The van der Waals surface area contributed by atoms with E-state index in [9.17, 15) is 4.79 Å². The van der Waals surface area contributed by atoms with Crippen LogP contribution in [0.5, 0.6) is 11.5 Å². The Morgan fingerprint density at radius 2 is 2.08 bits per heavy atom. The fourth-order valence-corrected chi connectivity index (χ4v) is 3.70. The molecule has 1 amide bonds. The number of amides is 1. The van der Waals surface area contributed by atoms with Gasteiger partial charge in [0.05, 0.1) is 18.3 Å². The Balaban J connectivity index is 1.47. The van der Waals surface area contributed by atoms with Crippen molar-refractivity contribution < 1.29 is 14.3 Å². The van der Waals surface area contributed by atoms with E-state index in [2.05, 4.69) is 18.1 Å². The molecule has 6 heteroatoms. The Bertz CT molecular complexity index is 786. The van der Waals surface area contributed by atoms with Crippen molar-refractivity contribution in [1.82, 2.24) is 14.7 Å². The molecule has 0 bridgehead atoms. The zero-order chi connectivity index (χ0) is 17.4. The molecule has 0 N–H and O–H groups in total. The molecule has 3 heterocycles. The Morgan fingerprint density at radius 3 is 2.84 bits per heavy atom. The third-order valence-corrected chi connectivity index (χ3v) is 4.93. The summed E-state index contributed by atoms with van der Waals surface area (Å²) in [6, 6.07) is 9.71. The SMILES string of the molecule is Cc1cc(C)n(CC2CCCN2C(=O)C2COc3ccccc3O2)n1. The highest BCUT2D eigenvalue weighted by atomic mass is 16.6. The maximum absolute atomic E-state index is 13.0.